The molecule has 0 nitrogen and oxygen atoms in total. The van der Waals surface area contributed by atoms with Gasteiger partial charge >= 0.3 is 0 Å². The Labute approximate surface area is 152 Å². The van der Waals surface area contributed by atoms with Gasteiger partial charge in [0.25, 0.3) is 0 Å². The van der Waals surface area contributed by atoms with E-state index in [1.807, 2.05) is 0 Å². The summed E-state index contributed by atoms with van der Waals surface area (Å²) >= 11 is 0. The highest BCUT2D eigenvalue weighted by Gasteiger charge is 2.38. The van der Waals surface area contributed by atoms with Crippen LogP contribution in [-0.4, -0.2) is 0 Å². The average molecular weight is 344 g/mol. The van der Waals surface area contributed by atoms with Crippen molar-refractivity contribution in [3.8, 4) is 0 Å². The number of aryl methyl sites for hydroxylation is 2. The van der Waals surface area contributed by atoms with Crippen LogP contribution >= 0.6 is 7.92 Å². The fourth-order valence-corrected chi connectivity index (χ4v) is 7.51. The van der Waals surface area contributed by atoms with E-state index in [2.05, 4.69) is 92.7 Å². The lowest BCUT2D eigenvalue weighted by Crippen LogP contribution is -2.07. The smallest absolute Gasteiger partial charge is 0.00877 e. The Bertz CT molecular complexity index is 765. The molecule has 0 spiro atoms. The topological polar surface area (TPSA) is 0 Å². The summed E-state index contributed by atoms with van der Waals surface area (Å²) in [6.07, 6.45) is 2.59. The Balaban J connectivity index is 1.75. The van der Waals surface area contributed by atoms with E-state index in [9.17, 15) is 0 Å². The lowest BCUT2D eigenvalue weighted by Gasteiger charge is -2.27. The molecular formula is C24H25P. The van der Waals surface area contributed by atoms with E-state index in [0.29, 0.717) is 11.3 Å². The highest BCUT2D eigenvalue weighted by Crippen LogP contribution is 2.69. The summed E-state index contributed by atoms with van der Waals surface area (Å²) < 4.78 is 0. The van der Waals surface area contributed by atoms with Crippen LogP contribution in [-0.2, 0) is 0 Å². The van der Waals surface area contributed by atoms with E-state index >= 15 is 0 Å². The molecule has 0 N–H and O–H groups in total. The molecule has 126 valence electrons. The fourth-order valence-electron chi connectivity index (χ4n) is 4.00. The van der Waals surface area contributed by atoms with Gasteiger partial charge in [-0.15, -0.1) is 0 Å². The average Bonchev–Trinajstić information content (AvgIpc) is 3.09. The maximum Gasteiger partial charge on any atom is 0.00877 e. The molecule has 0 amide bonds. The van der Waals surface area contributed by atoms with Gasteiger partial charge in [0.1, 0.15) is 0 Å². The van der Waals surface area contributed by atoms with Crippen LogP contribution in [0.3, 0.4) is 0 Å². The molecule has 0 aromatic heterocycles. The maximum absolute atomic E-state index is 2.36. The van der Waals surface area contributed by atoms with Crippen molar-refractivity contribution < 1.29 is 0 Å². The predicted molar refractivity (Wildman–Crippen MR) is 110 cm³/mol. The first kappa shape index (κ1) is 16.6. The lowest BCUT2D eigenvalue weighted by molar-refractivity contribution is 0.765. The van der Waals surface area contributed by atoms with Crippen LogP contribution in [0.5, 0.6) is 0 Å². The van der Waals surface area contributed by atoms with Gasteiger partial charge in [-0.2, -0.15) is 0 Å². The number of hydrogen-bond acceptors (Lipinski definition) is 0. The second kappa shape index (κ2) is 7.14. The molecule has 3 aromatic carbocycles. The first-order valence-corrected chi connectivity index (χ1v) is 10.7. The minimum atomic E-state index is -0.239. The molecule has 1 heterocycles. The molecule has 1 aliphatic rings. The Kier molecular flexibility index (Phi) is 4.73. The predicted octanol–water partition coefficient (Wildman–Crippen LogP) is 6.69. The summed E-state index contributed by atoms with van der Waals surface area (Å²) in [4.78, 5) is 0. The number of hydrogen-bond donors (Lipinski definition) is 0. The maximum atomic E-state index is 2.36. The molecule has 25 heavy (non-hydrogen) atoms. The van der Waals surface area contributed by atoms with E-state index < -0.39 is 0 Å². The van der Waals surface area contributed by atoms with Crippen molar-refractivity contribution in [3.05, 3.63) is 101 Å². The Morgan fingerprint density at radius 3 is 1.48 bits per heavy atom. The largest absolute Gasteiger partial charge is 0.0622 e. The van der Waals surface area contributed by atoms with Crippen molar-refractivity contribution in [1.82, 2.24) is 0 Å². The Morgan fingerprint density at radius 1 is 0.600 bits per heavy atom. The summed E-state index contributed by atoms with van der Waals surface area (Å²) in [5, 5.41) is 1.55. The molecule has 3 aromatic rings. The third kappa shape index (κ3) is 3.42. The van der Waals surface area contributed by atoms with Crippen LogP contribution in [0.4, 0.5) is 0 Å². The quantitative estimate of drug-likeness (QED) is 0.464. The van der Waals surface area contributed by atoms with Crippen LogP contribution in [0, 0.1) is 13.8 Å². The second-order valence-electron chi connectivity index (χ2n) is 7.17. The number of benzene rings is 3. The summed E-state index contributed by atoms with van der Waals surface area (Å²) in [6.45, 7) is 4.35. The molecular weight excluding hydrogens is 319 g/mol. The molecule has 1 fully saturated rings. The monoisotopic (exact) mass is 344 g/mol. The zero-order valence-corrected chi connectivity index (χ0v) is 15.9. The molecule has 0 saturated carbocycles. The summed E-state index contributed by atoms with van der Waals surface area (Å²) in [7, 11) is -0.239. The van der Waals surface area contributed by atoms with E-state index in [-0.39, 0.29) is 7.92 Å². The zero-order valence-electron chi connectivity index (χ0n) is 15.0. The van der Waals surface area contributed by atoms with Crippen LogP contribution in [0.2, 0.25) is 0 Å². The minimum Gasteiger partial charge on any atom is -0.0622 e. The standard InChI is InChI=1S/C24H25P/c1-18-8-12-20(13-9-18)23-16-17-24(21-14-10-19(2)11-15-21)25(23)22-6-4-3-5-7-22/h3-15,23-24H,16-17H2,1-2H3. The van der Waals surface area contributed by atoms with E-state index in [1.165, 1.54) is 35.1 Å². The highest BCUT2D eigenvalue weighted by molar-refractivity contribution is 7.66. The molecule has 2 unspecified atom stereocenters. The van der Waals surface area contributed by atoms with Gasteiger partial charge in [-0.3, -0.25) is 0 Å². The summed E-state index contributed by atoms with van der Waals surface area (Å²) in [5.74, 6) is 0. The minimum absolute atomic E-state index is 0.239. The van der Waals surface area contributed by atoms with Gasteiger partial charge in [0, 0.05) is 11.3 Å². The van der Waals surface area contributed by atoms with Gasteiger partial charge in [-0.1, -0.05) is 97.9 Å². The van der Waals surface area contributed by atoms with Gasteiger partial charge < -0.3 is 0 Å². The molecule has 0 aliphatic carbocycles. The summed E-state index contributed by atoms with van der Waals surface area (Å²) in [6, 6.07) is 29.7. The van der Waals surface area contributed by atoms with E-state index in [1.54, 1.807) is 5.30 Å². The van der Waals surface area contributed by atoms with Crippen molar-refractivity contribution in [1.29, 1.82) is 0 Å². The normalized spacial score (nSPS) is 22.9. The van der Waals surface area contributed by atoms with Gasteiger partial charge in [-0.05, 0) is 43.1 Å². The van der Waals surface area contributed by atoms with Crippen LogP contribution < -0.4 is 5.30 Å². The molecule has 0 bridgehead atoms. The molecule has 0 radical (unpaired) electrons. The van der Waals surface area contributed by atoms with Crippen molar-refractivity contribution in [2.75, 3.05) is 0 Å². The molecule has 1 aliphatic heterocycles. The van der Waals surface area contributed by atoms with Crippen LogP contribution in [0.1, 0.15) is 46.4 Å². The third-order valence-corrected chi connectivity index (χ3v) is 8.71. The summed E-state index contributed by atoms with van der Waals surface area (Å²) in [5.41, 5.74) is 7.08. The van der Waals surface area contributed by atoms with Gasteiger partial charge in [0.05, 0.1) is 0 Å². The third-order valence-electron chi connectivity index (χ3n) is 5.36. The van der Waals surface area contributed by atoms with E-state index in [0.717, 1.165) is 0 Å². The van der Waals surface area contributed by atoms with Gasteiger partial charge in [-0.25, -0.2) is 0 Å². The van der Waals surface area contributed by atoms with Crippen molar-refractivity contribution in [2.45, 2.75) is 38.0 Å². The fraction of sp³-hybridized carbons (Fsp3) is 0.250. The Morgan fingerprint density at radius 2 is 1.04 bits per heavy atom. The van der Waals surface area contributed by atoms with Crippen LogP contribution in [0.25, 0.3) is 0 Å². The Hall–Kier alpha value is -1.91. The molecule has 4 rings (SSSR count). The lowest BCUT2D eigenvalue weighted by atomic mass is 10.0. The van der Waals surface area contributed by atoms with Crippen LogP contribution in [0.15, 0.2) is 78.9 Å². The number of rotatable bonds is 3. The highest BCUT2D eigenvalue weighted by atomic mass is 31.1. The first-order valence-electron chi connectivity index (χ1n) is 9.19. The molecule has 1 heteroatoms. The zero-order chi connectivity index (χ0) is 17.2. The first-order chi connectivity index (χ1) is 12.2. The van der Waals surface area contributed by atoms with Crippen molar-refractivity contribution >= 4 is 13.2 Å². The van der Waals surface area contributed by atoms with E-state index in [4.69, 9.17) is 0 Å². The van der Waals surface area contributed by atoms with Gasteiger partial charge in [0.2, 0.25) is 0 Å². The molecule has 2 atom stereocenters. The molecule has 1 saturated heterocycles. The van der Waals surface area contributed by atoms with Crippen molar-refractivity contribution in [2.24, 2.45) is 0 Å². The SMILES string of the molecule is Cc1ccc(C2CCC(c3ccc(C)cc3)P2c2ccccc2)cc1. The van der Waals surface area contributed by atoms with Gasteiger partial charge in [0.15, 0.2) is 0 Å². The second-order valence-corrected chi connectivity index (χ2v) is 9.75. The van der Waals surface area contributed by atoms with Crippen molar-refractivity contribution in [3.63, 3.8) is 0 Å².